The predicted molar refractivity (Wildman–Crippen MR) is 102 cm³/mol. The molecule has 1 fully saturated rings. The molecule has 0 spiro atoms. The number of aryl methyl sites for hydroxylation is 1. The molecule has 2 heterocycles. The number of hydrogen-bond donors (Lipinski definition) is 0. The zero-order chi connectivity index (χ0) is 20.8. The number of amides is 1. The molecule has 1 aromatic heterocycles. The van der Waals surface area contributed by atoms with E-state index in [4.69, 9.17) is 0 Å². The predicted octanol–water partition coefficient (Wildman–Crippen LogP) is 5.45. The number of benzene rings is 2. The smallest absolute Gasteiger partial charge is 0.347 e. The molecular formula is C22H20F4N2O. The van der Waals surface area contributed by atoms with Crippen LogP contribution in [0.15, 0.2) is 48.7 Å². The maximum atomic E-state index is 13.9. The Morgan fingerprint density at radius 2 is 1.93 bits per heavy atom. The summed E-state index contributed by atoms with van der Waals surface area (Å²) in [4.78, 5) is 14.3. The van der Waals surface area contributed by atoms with Crippen LogP contribution in [0.5, 0.6) is 0 Å². The Hall–Kier alpha value is -2.83. The SMILES string of the molecule is CCn1cc(C2CCN(C(=O)c3ccc(C(F)(F)F)c(F)c3)C2)c2ccccc21. The van der Waals surface area contributed by atoms with Gasteiger partial charge >= 0.3 is 6.18 Å². The molecule has 0 bridgehead atoms. The lowest BCUT2D eigenvalue weighted by atomic mass is 9.98. The molecule has 1 aliphatic heterocycles. The van der Waals surface area contributed by atoms with Crippen molar-refractivity contribution in [3.8, 4) is 0 Å². The molecule has 4 rings (SSSR count). The Balaban J connectivity index is 1.56. The van der Waals surface area contributed by atoms with Crippen LogP contribution in [0.4, 0.5) is 17.6 Å². The summed E-state index contributed by atoms with van der Waals surface area (Å²) < 4.78 is 54.3. The molecule has 0 radical (unpaired) electrons. The van der Waals surface area contributed by atoms with E-state index in [1.807, 2.05) is 12.1 Å². The van der Waals surface area contributed by atoms with Crippen LogP contribution in [0.25, 0.3) is 10.9 Å². The van der Waals surface area contributed by atoms with E-state index in [0.29, 0.717) is 25.2 Å². The number of likely N-dealkylation sites (tertiary alicyclic amines) is 1. The largest absolute Gasteiger partial charge is 0.419 e. The van der Waals surface area contributed by atoms with Gasteiger partial charge in [0.15, 0.2) is 0 Å². The fourth-order valence-corrected chi connectivity index (χ4v) is 4.12. The number of rotatable bonds is 3. The van der Waals surface area contributed by atoms with Crippen molar-refractivity contribution >= 4 is 16.8 Å². The molecule has 3 aromatic rings. The summed E-state index contributed by atoms with van der Waals surface area (Å²) >= 11 is 0. The Morgan fingerprint density at radius 3 is 2.62 bits per heavy atom. The van der Waals surface area contributed by atoms with E-state index < -0.39 is 23.5 Å². The first kappa shape index (κ1) is 19.5. The van der Waals surface area contributed by atoms with Crippen molar-refractivity contribution < 1.29 is 22.4 Å². The van der Waals surface area contributed by atoms with Crippen LogP contribution in [0.1, 0.15) is 40.7 Å². The Labute approximate surface area is 165 Å². The van der Waals surface area contributed by atoms with Crippen molar-refractivity contribution in [2.45, 2.75) is 32.0 Å². The van der Waals surface area contributed by atoms with Gasteiger partial charge < -0.3 is 9.47 Å². The monoisotopic (exact) mass is 404 g/mol. The van der Waals surface area contributed by atoms with Crippen molar-refractivity contribution in [3.63, 3.8) is 0 Å². The highest BCUT2D eigenvalue weighted by Gasteiger charge is 2.35. The van der Waals surface area contributed by atoms with Gasteiger partial charge in [-0.15, -0.1) is 0 Å². The molecule has 1 unspecified atom stereocenters. The van der Waals surface area contributed by atoms with E-state index in [9.17, 15) is 22.4 Å². The lowest BCUT2D eigenvalue weighted by Crippen LogP contribution is -2.28. The van der Waals surface area contributed by atoms with Crippen molar-refractivity contribution in [1.29, 1.82) is 0 Å². The minimum atomic E-state index is -4.78. The van der Waals surface area contributed by atoms with Gasteiger partial charge in [0.2, 0.25) is 0 Å². The van der Waals surface area contributed by atoms with Gasteiger partial charge in [-0.25, -0.2) is 4.39 Å². The summed E-state index contributed by atoms with van der Waals surface area (Å²) in [6, 6.07) is 10.4. The molecule has 0 aliphatic carbocycles. The number of aromatic nitrogens is 1. The van der Waals surface area contributed by atoms with Crippen LogP contribution in [0.2, 0.25) is 0 Å². The van der Waals surface area contributed by atoms with Crippen LogP contribution in [-0.2, 0) is 12.7 Å². The molecule has 0 N–H and O–H groups in total. The zero-order valence-electron chi connectivity index (χ0n) is 15.8. The second-order valence-electron chi connectivity index (χ2n) is 7.32. The third kappa shape index (κ3) is 3.50. The third-order valence-electron chi connectivity index (χ3n) is 5.60. The molecule has 3 nitrogen and oxygen atoms in total. The Morgan fingerprint density at radius 1 is 1.17 bits per heavy atom. The first-order chi connectivity index (χ1) is 13.8. The van der Waals surface area contributed by atoms with Gasteiger partial charge in [-0.05, 0) is 43.2 Å². The maximum Gasteiger partial charge on any atom is 0.419 e. The van der Waals surface area contributed by atoms with Gasteiger partial charge in [0.1, 0.15) is 5.82 Å². The number of alkyl halides is 3. The van der Waals surface area contributed by atoms with E-state index in [1.165, 1.54) is 0 Å². The molecule has 1 amide bonds. The van der Waals surface area contributed by atoms with Crippen molar-refractivity contribution in [2.75, 3.05) is 13.1 Å². The van der Waals surface area contributed by atoms with Crippen LogP contribution in [0, 0.1) is 5.82 Å². The van der Waals surface area contributed by atoms with Crippen LogP contribution in [-0.4, -0.2) is 28.5 Å². The minimum Gasteiger partial charge on any atom is -0.347 e. The summed E-state index contributed by atoms with van der Waals surface area (Å²) in [7, 11) is 0. The van der Waals surface area contributed by atoms with Gasteiger partial charge in [-0.1, -0.05) is 18.2 Å². The molecule has 1 aliphatic rings. The molecule has 2 aromatic carbocycles. The highest BCUT2D eigenvalue weighted by Crippen LogP contribution is 2.35. The van der Waals surface area contributed by atoms with Gasteiger partial charge in [-0.2, -0.15) is 13.2 Å². The molecule has 29 heavy (non-hydrogen) atoms. The highest BCUT2D eigenvalue weighted by atomic mass is 19.4. The summed E-state index contributed by atoms with van der Waals surface area (Å²) in [5.74, 6) is -1.74. The summed E-state index contributed by atoms with van der Waals surface area (Å²) in [6.07, 6.45) is -1.91. The van der Waals surface area contributed by atoms with Gasteiger partial charge in [0, 0.05) is 48.2 Å². The van der Waals surface area contributed by atoms with E-state index in [1.54, 1.807) is 4.90 Å². The lowest BCUT2D eigenvalue weighted by molar-refractivity contribution is -0.140. The fourth-order valence-electron chi connectivity index (χ4n) is 4.12. The average Bonchev–Trinajstić information content (AvgIpc) is 3.31. The quantitative estimate of drug-likeness (QED) is 0.533. The third-order valence-corrected chi connectivity index (χ3v) is 5.60. The first-order valence-electron chi connectivity index (χ1n) is 9.53. The number of nitrogens with zero attached hydrogens (tertiary/aromatic N) is 2. The average molecular weight is 404 g/mol. The number of hydrogen-bond acceptors (Lipinski definition) is 1. The van der Waals surface area contributed by atoms with Crippen molar-refractivity contribution in [3.05, 3.63) is 71.2 Å². The standard InChI is InChI=1S/C22H20F4N2O/c1-2-27-13-17(16-5-3-4-6-20(16)27)15-9-10-28(12-15)21(29)14-7-8-18(19(23)11-14)22(24,25)26/h3-8,11,13,15H,2,9-10,12H2,1H3. The van der Waals surface area contributed by atoms with E-state index >= 15 is 0 Å². The number of fused-ring (bicyclic) bond motifs is 1. The summed E-state index contributed by atoms with van der Waals surface area (Å²) in [5, 5.41) is 1.15. The highest BCUT2D eigenvalue weighted by molar-refractivity contribution is 5.94. The number of carbonyl (C=O) groups excluding carboxylic acids is 1. The summed E-state index contributed by atoms with van der Waals surface area (Å²) in [5.41, 5.74) is 0.879. The van der Waals surface area contributed by atoms with E-state index in [0.717, 1.165) is 35.5 Å². The first-order valence-corrected chi connectivity index (χ1v) is 9.53. The second kappa shape index (κ2) is 7.21. The van der Waals surface area contributed by atoms with Gasteiger partial charge in [-0.3, -0.25) is 4.79 Å². The van der Waals surface area contributed by atoms with Crippen molar-refractivity contribution in [2.24, 2.45) is 0 Å². The van der Waals surface area contributed by atoms with Crippen LogP contribution >= 0.6 is 0 Å². The van der Waals surface area contributed by atoms with E-state index in [-0.39, 0.29) is 11.5 Å². The topological polar surface area (TPSA) is 25.2 Å². The molecule has 152 valence electrons. The summed E-state index contributed by atoms with van der Waals surface area (Å²) in [6.45, 7) is 3.84. The van der Waals surface area contributed by atoms with Gasteiger partial charge in [0.05, 0.1) is 5.56 Å². The minimum absolute atomic E-state index is 0.0628. The number of para-hydroxylation sites is 1. The molecule has 1 atom stereocenters. The number of halogens is 4. The number of carbonyl (C=O) groups is 1. The fraction of sp³-hybridized carbons (Fsp3) is 0.318. The second-order valence-corrected chi connectivity index (χ2v) is 7.32. The van der Waals surface area contributed by atoms with Crippen molar-refractivity contribution in [1.82, 2.24) is 9.47 Å². The Bertz CT molecular complexity index is 1070. The molecule has 1 saturated heterocycles. The maximum absolute atomic E-state index is 13.9. The van der Waals surface area contributed by atoms with Crippen LogP contribution < -0.4 is 0 Å². The lowest BCUT2D eigenvalue weighted by Gasteiger charge is -2.17. The molecular weight excluding hydrogens is 384 g/mol. The van der Waals surface area contributed by atoms with Gasteiger partial charge in [0.25, 0.3) is 5.91 Å². The van der Waals surface area contributed by atoms with Crippen LogP contribution in [0.3, 0.4) is 0 Å². The molecule has 0 saturated carbocycles. The van der Waals surface area contributed by atoms with E-state index in [2.05, 4.69) is 29.8 Å². The normalized spacial score (nSPS) is 17.3. The molecule has 7 heteroatoms. The Kier molecular flexibility index (Phi) is 4.84. The zero-order valence-corrected chi connectivity index (χ0v) is 15.8.